The summed E-state index contributed by atoms with van der Waals surface area (Å²) >= 11 is 0. The van der Waals surface area contributed by atoms with Crippen LogP contribution in [0, 0.1) is 18.3 Å². The fourth-order valence-electron chi connectivity index (χ4n) is 1.81. The van der Waals surface area contributed by atoms with Crippen molar-refractivity contribution in [1.29, 1.82) is 5.26 Å². The third-order valence-electron chi connectivity index (χ3n) is 2.91. The second kappa shape index (κ2) is 4.92. The molecule has 0 saturated carbocycles. The van der Waals surface area contributed by atoms with Crippen LogP contribution >= 0.6 is 0 Å². The maximum absolute atomic E-state index is 8.97. The molecule has 18 heavy (non-hydrogen) atoms. The van der Waals surface area contributed by atoms with E-state index in [-0.39, 0.29) is 0 Å². The molecule has 0 aliphatic rings. The lowest BCUT2D eigenvalue weighted by Gasteiger charge is -2.05. The van der Waals surface area contributed by atoms with Crippen LogP contribution in [0.5, 0.6) is 5.75 Å². The minimum absolute atomic E-state index is 0.474. The molecular formula is C14H15N3O. The first-order valence-electron chi connectivity index (χ1n) is 5.84. The summed E-state index contributed by atoms with van der Waals surface area (Å²) < 4.78 is 7.32. The van der Waals surface area contributed by atoms with Crippen molar-refractivity contribution in [3.63, 3.8) is 0 Å². The van der Waals surface area contributed by atoms with Crippen LogP contribution in [0.1, 0.15) is 18.3 Å². The molecule has 0 atom stereocenters. The van der Waals surface area contributed by atoms with Gasteiger partial charge in [0.2, 0.25) is 0 Å². The highest BCUT2D eigenvalue weighted by Crippen LogP contribution is 2.23. The van der Waals surface area contributed by atoms with Crippen molar-refractivity contribution in [3.8, 4) is 23.2 Å². The number of rotatable bonds is 3. The number of ether oxygens (including phenoxy) is 1. The molecule has 1 aromatic carbocycles. The summed E-state index contributed by atoms with van der Waals surface area (Å²) in [6, 6.07) is 9.83. The monoisotopic (exact) mass is 241 g/mol. The Kier molecular flexibility index (Phi) is 3.33. The van der Waals surface area contributed by atoms with Gasteiger partial charge in [0.05, 0.1) is 12.3 Å². The number of imidazole rings is 1. The van der Waals surface area contributed by atoms with Gasteiger partial charge in [-0.1, -0.05) is 0 Å². The largest absolute Gasteiger partial charge is 0.494 e. The number of hydrogen-bond donors (Lipinski definition) is 0. The Morgan fingerprint density at radius 1 is 1.33 bits per heavy atom. The molecule has 2 aromatic rings. The first-order chi connectivity index (χ1) is 8.67. The zero-order valence-corrected chi connectivity index (χ0v) is 10.8. The van der Waals surface area contributed by atoms with Crippen molar-refractivity contribution in [2.24, 2.45) is 7.05 Å². The van der Waals surface area contributed by atoms with Gasteiger partial charge in [0.15, 0.2) is 5.69 Å². The fourth-order valence-corrected chi connectivity index (χ4v) is 1.81. The van der Waals surface area contributed by atoms with Crippen molar-refractivity contribution in [1.82, 2.24) is 9.55 Å². The standard InChI is InChI=1S/C14H15N3O/c1-4-18-12-7-5-11(6-8-12)14-16-13(9-15)10(2)17(14)3/h5-8H,4H2,1-3H3. The highest BCUT2D eigenvalue weighted by molar-refractivity contribution is 5.59. The Bertz CT molecular complexity index is 591. The van der Waals surface area contributed by atoms with Gasteiger partial charge in [0.1, 0.15) is 17.6 Å². The predicted octanol–water partition coefficient (Wildman–Crippen LogP) is 2.67. The van der Waals surface area contributed by atoms with Gasteiger partial charge in [0, 0.05) is 12.6 Å². The summed E-state index contributed by atoms with van der Waals surface area (Å²) in [5.41, 5.74) is 2.33. The maximum Gasteiger partial charge on any atom is 0.162 e. The predicted molar refractivity (Wildman–Crippen MR) is 69.3 cm³/mol. The van der Waals surface area contributed by atoms with Crippen LogP contribution in [0.4, 0.5) is 0 Å². The average Bonchev–Trinajstić information content (AvgIpc) is 2.68. The van der Waals surface area contributed by atoms with E-state index in [0.717, 1.165) is 22.8 Å². The number of nitrogens with zero attached hydrogens (tertiary/aromatic N) is 3. The van der Waals surface area contributed by atoms with E-state index in [0.29, 0.717) is 12.3 Å². The Balaban J connectivity index is 2.40. The van der Waals surface area contributed by atoms with Crippen molar-refractivity contribution in [2.45, 2.75) is 13.8 Å². The zero-order valence-electron chi connectivity index (χ0n) is 10.8. The van der Waals surface area contributed by atoms with Crippen LogP contribution in [0.2, 0.25) is 0 Å². The molecule has 0 unspecified atom stereocenters. The van der Waals surface area contributed by atoms with Gasteiger partial charge in [0.25, 0.3) is 0 Å². The molecule has 0 fully saturated rings. The first kappa shape index (κ1) is 12.2. The average molecular weight is 241 g/mol. The molecule has 0 N–H and O–H groups in total. The Morgan fingerprint density at radius 3 is 2.50 bits per heavy atom. The molecule has 1 heterocycles. The van der Waals surface area contributed by atoms with Crippen molar-refractivity contribution in [2.75, 3.05) is 6.61 Å². The SMILES string of the molecule is CCOc1ccc(-c2nc(C#N)c(C)n2C)cc1. The molecule has 2 rings (SSSR count). The van der Waals surface area contributed by atoms with Crippen LogP contribution in [0.25, 0.3) is 11.4 Å². The van der Waals surface area contributed by atoms with Gasteiger partial charge >= 0.3 is 0 Å². The molecule has 0 spiro atoms. The van der Waals surface area contributed by atoms with E-state index in [9.17, 15) is 0 Å². The second-order valence-electron chi connectivity index (χ2n) is 4.00. The number of hydrogen-bond acceptors (Lipinski definition) is 3. The second-order valence-corrected chi connectivity index (χ2v) is 4.00. The minimum Gasteiger partial charge on any atom is -0.494 e. The van der Waals surface area contributed by atoms with Crippen molar-refractivity contribution in [3.05, 3.63) is 35.7 Å². The molecular weight excluding hydrogens is 226 g/mol. The van der Waals surface area contributed by atoms with Crippen LogP contribution in [0.3, 0.4) is 0 Å². The first-order valence-corrected chi connectivity index (χ1v) is 5.84. The van der Waals surface area contributed by atoms with Crippen LogP contribution in [-0.4, -0.2) is 16.2 Å². The Morgan fingerprint density at radius 2 is 2.00 bits per heavy atom. The van der Waals surface area contributed by atoms with Crippen LogP contribution in [0.15, 0.2) is 24.3 Å². The van der Waals surface area contributed by atoms with E-state index in [1.54, 1.807) is 0 Å². The summed E-state index contributed by atoms with van der Waals surface area (Å²) in [5, 5.41) is 8.97. The summed E-state index contributed by atoms with van der Waals surface area (Å²) in [6.07, 6.45) is 0. The molecule has 0 radical (unpaired) electrons. The van der Waals surface area contributed by atoms with E-state index in [1.165, 1.54) is 0 Å². The fraction of sp³-hybridized carbons (Fsp3) is 0.286. The lowest BCUT2D eigenvalue weighted by Crippen LogP contribution is -1.95. The molecule has 1 aromatic heterocycles. The maximum atomic E-state index is 8.97. The Labute approximate surface area is 106 Å². The molecule has 0 aliphatic carbocycles. The zero-order chi connectivity index (χ0) is 13.1. The highest BCUT2D eigenvalue weighted by Gasteiger charge is 2.12. The van der Waals surface area contributed by atoms with E-state index in [2.05, 4.69) is 11.1 Å². The van der Waals surface area contributed by atoms with Gasteiger partial charge in [-0.15, -0.1) is 0 Å². The topological polar surface area (TPSA) is 50.8 Å². The van der Waals surface area contributed by atoms with Gasteiger partial charge in [-0.3, -0.25) is 0 Å². The molecule has 92 valence electrons. The van der Waals surface area contributed by atoms with Crippen molar-refractivity contribution < 1.29 is 4.74 Å². The molecule has 0 bridgehead atoms. The lowest BCUT2D eigenvalue weighted by molar-refractivity contribution is 0.340. The molecule has 4 nitrogen and oxygen atoms in total. The quantitative estimate of drug-likeness (QED) is 0.830. The summed E-state index contributed by atoms with van der Waals surface area (Å²) in [7, 11) is 1.91. The van der Waals surface area contributed by atoms with E-state index >= 15 is 0 Å². The van der Waals surface area contributed by atoms with E-state index in [4.69, 9.17) is 10.00 Å². The summed E-state index contributed by atoms with van der Waals surface area (Å²) in [6.45, 7) is 4.50. The third kappa shape index (κ3) is 2.07. The van der Waals surface area contributed by atoms with E-state index < -0.39 is 0 Å². The smallest absolute Gasteiger partial charge is 0.162 e. The molecule has 0 saturated heterocycles. The molecule has 0 aliphatic heterocycles. The normalized spacial score (nSPS) is 10.1. The lowest BCUT2D eigenvalue weighted by atomic mass is 10.2. The van der Waals surface area contributed by atoms with Crippen molar-refractivity contribution >= 4 is 0 Å². The highest BCUT2D eigenvalue weighted by atomic mass is 16.5. The van der Waals surface area contributed by atoms with Gasteiger partial charge < -0.3 is 9.30 Å². The number of benzene rings is 1. The molecule has 0 amide bonds. The number of aromatic nitrogens is 2. The summed E-state index contributed by atoms with van der Waals surface area (Å²) in [4.78, 5) is 4.33. The summed E-state index contributed by atoms with van der Waals surface area (Å²) in [5.74, 6) is 1.64. The van der Waals surface area contributed by atoms with Gasteiger partial charge in [-0.25, -0.2) is 4.98 Å². The van der Waals surface area contributed by atoms with Crippen LogP contribution < -0.4 is 4.74 Å². The number of nitriles is 1. The third-order valence-corrected chi connectivity index (χ3v) is 2.91. The van der Waals surface area contributed by atoms with Gasteiger partial charge in [-0.2, -0.15) is 5.26 Å². The van der Waals surface area contributed by atoms with E-state index in [1.807, 2.05) is 49.7 Å². The van der Waals surface area contributed by atoms with Gasteiger partial charge in [-0.05, 0) is 38.1 Å². The Hall–Kier alpha value is -2.28. The van der Waals surface area contributed by atoms with Crippen LogP contribution in [-0.2, 0) is 7.05 Å². The molecule has 4 heteroatoms. The minimum atomic E-state index is 0.474.